The van der Waals surface area contributed by atoms with Gasteiger partial charge in [0.05, 0.1) is 15.1 Å². The molecular weight excluding hydrogens is 412 g/mol. The van der Waals surface area contributed by atoms with E-state index in [4.69, 9.17) is 11.6 Å². The van der Waals surface area contributed by atoms with E-state index in [0.29, 0.717) is 28.8 Å². The van der Waals surface area contributed by atoms with E-state index in [1.807, 2.05) is 31.1 Å². The van der Waals surface area contributed by atoms with Crippen molar-refractivity contribution in [2.75, 3.05) is 32.1 Å². The zero-order chi connectivity index (χ0) is 21.0. The Kier molecular flexibility index (Phi) is 6.58. The van der Waals surface area contributed by atoms with Crippen LogP contribution in [-0.2, 0) is 4.79 Å². The molecular formula is C20H19ClN4O3S. The summed E-state index contributed by atoms with van der Waals surface area (Å²) in [4.78, 5) is 31.5. The van der Waals surface area contributed by atoms with E-state index >= 15 is 0 Å². The van der Waals surface area contributed by atoms with Crippen LogP contribution >= 0.6 is 22.9 Å². The Bertz CT molecular complexity index is 1080. The fraction of sp³-hybridized carbons (Fsp3) is 0.200. The van der Waals surface area contributed by atoms with Crippen LogP contribution in [0.15, 0.2) is 48.5 Å². The molecule has 0 unspecified atom stereocenters. The number of amides is 1. The highest BCUT2D eigenvalue weighted by atomic mass is 35.5. The van der Waals surface area contributed by atoms with Crippen molar-refractivity contribution < 1.29 is 9.72 Å². The van der Waals surface area contributed by atoms with Crippen LogP contribution in [0.4, 0.5) is 10.8 Å². The summed E-state index contributed by atoms with van der Waals surface area (Å²) in [5, 5.41) is 12.1. The van der Waals surface area contributed by atoms with Gasteiger partial charge in [-0.2, -0.15) is 0 Å². The van der Waals surface area contributed by atoms with E-state index in [9.17, 15) is 14.9 Å². The number of carbonyl (C=O) groups is 1. The molecule has 1 amide bonds. The quantitative estimate of drug-likeness (QED) is 0.314. The number of hydrogen-bond acceptors (Lipinski definition) is 6. The first-order valence-corrected chi connectivity index (χ1v) is 9.98. The van der Waals surface area contributed by atoms with E-state index < -0.39 is 4.92 Å². The molecule has 3 aromatic rings. The lowest BCUT2D eigenvalue weighted by atomic mass is 10.2. The molecule has 9 heteroatoms. The summed E-state index contributed by atoms with van der Waals surface area (Å²) in [6, 6.07) is 11.5. The second-order valence-corrected chi connectivity index (χ2v) is 8.03. The second-order valence-electron chi connectivity index (χ2n) is 6.59. The lowest BCUT2D eigenvalue weighted by Crippen LogP contribution is -2.35. The maximum absolute atomic E-state index is 12.9. The Morgan fingerprint density at radius 3 is 2.76 bits per heavy atom. The summed E-state index contributed by atoms with van der Waals surface area (Å²) in [5.74, 6) is -0.247. The number of halogens is 1. The number of carbonyl (C=O) groups excluding carboxylic acids is 1. The topological polar surface area (TPSA) is 79.6 Å². The molecule has 2 aromatic carbocycles. The van der Waals surface area contributed by atoms with Gasteiger partial charge in [-0.1, -0.05) is 35.1 Å². The number of fused-ring (bicyclic) bond motifs is 1. The van der Waals surface area contributed by atoms with Crippen LogP contribution in [0.3, 0.4) is 0 Å². The van der Waals surface area contributed by atoms with E-state index in [2.05, 4.69) is 4.98 Å². The molecule has 0 bridgehead atoms. The average molecular weight is 431 g/mol. The third kappa shape index (κ3) is 5.38. The second kappa shape index (κ2) is 9.13. The van der Waals surface area contributed by atoms with Crippen molar-refractivity contribution in [2.24, 2.45) is 0 Å². The molecule has 0 radical (unpaired) electrons. The van der Waals surface area contributed by atoms with Crippen molar-refractivity contribution in [2.45, 2.75) is 0 Å². The molecule has 0 saturated heterocycles. The first-order chi connectivity index (χ1) is 13.8. The molecule has 3 rings (SSSR count). The van der Waals surface area contributed by atoms with E-state index in [-0.39, 0.29) is 11.6 Å². The van der Waals surface area contributed by atoms with Crippen LogP contribution in [0.1, 0.15) is 5.56 Å². The number of hydrogen-bond donors (Lipinski definition) is 0. The number of aromatic nitrogens is 1. The molecule has 29 heavy (non-hydrogen) atoms. The minimum absolute atomic E-state index is 0.0212. The van der Waals surface area contributed by atoms with Crippen molar-refractivity contribution >= 4 is 56.0 Å². The van der Waals surface area contributed by atoms with Gasteiger partial charge in [0.15, 0.2) is 5.13 Å². The lowest BCUT2D eigenvalue weighted by Gasteiger charge is -2.20. The van der Waals surface area contributed by atoms with Crippen LogP contribution in [0.2, 0.25) is 5.02 Å². The number of likely N-dealkylation sites (N-methyl/N-ethyl adjacent to an activating group) is 1. The molecule has 150 valence electrons. The van der Waals surface area contributed by atoms with Gasteiger partial charge >= 0.3 is 0 Å². The number of nitrogens with zero attached hydrogens (tertiary/aromatic N) is 4. The molecule has 0 saturated carbocycles. The van der Waals surface area contributed by atoms with Gasteiger partial charge in [0.2, 0.25) is 0 Å². The molecule has 0 aliphatic carbocycles. The predicted molar refractivity (Wildman–Crippen MR) is 118 cm³/mol. The highest BCUT2D eigenvalue weighted by Crippen LogP contribution is 2.31. The predicted octanol–water partition coefficient (Wildman–Crippen LogP) is 4.47. The molecule has 0 aliphatic heterocycles. The Labute approximate surface area is 177 Å². The number of non-ortho nitro benzene ring substituents is 1. The molecule has 0 atom stereocenters. The summed E-state index contributed by atoms with van der Waals surface area (Å²) in [6.45, 7) is 1.12. The van der Waals surface area contributed by atoms with Gasteiger partial charge in [-0.15, -0.1) is 0 Å². The van der Waals surface area contributed by atoms with Gasteiger partial charge in [-0.3, -0.25) is 19.8 Å². The third-order valence-corrected chi connectivity index (χ3v) is 5.38. The molecule has 7 nitrogen and oxygen atoms in total. The van der Waals surface area contributed by atoms with E-state index in [1.54, 1.807) is 29.2 Å². The molecule has 0 fully saturated rings. The number of nitro groups is 1. The fourth-order valence-electron chi connectivity index (χ4n) is 2.60. The Morgan fingerprint density at radius 2 is 2.03 bits per heavy atom. The largest absolute Gasteiger partial charge is 0.308 e. The van der Waals surface area contributed by atoms with Crippen molar-refractivity contribution in [1.82, 2.24) is 9.88 Å². The first-order valence-electron chi connectivity index (χ1n) is 8.78. The minimum Gasteiger partial charge on any atom is -0.308 e. The first kappa shape index (κ1) is 20.9. The number of rotatable bonds is 7. The number of anilines is 1. The number of nitro benzene ring substituents is 1. The highest BCUT2D eigenvalue weighted by molar-refractivity contribution is 7.22. The maximum atomic E-state index is 12.9. The molecule has 1 heterocycles. The van der Waals surface area contributed by atoms with Crippen molar-refractivity contribution in [3.05, 3.63) is 69.2 Å². The SMILES string of the molecule is CN(C)CCN(C(=O)C=Cc1cccc([N+](=O)[O-])c1)c1nc2ccc(Cl)cc2s1. The average Bonchev–Trinajstić information content (AvgIpc) is 3.09. The summed E-state index contributed by atoms with van der Waals surface area (Å²) < 4.78 is 0.901. The lowest BCUT2D eigenvalue weighted by molar-refractivity contribution is -0.384. The summed E-state index contributed by atoms with van der Waals surface area (Å²) in [7, 11) is 3.86. The maximum Gasteiger partial charge on any atom is 0.270 e. The van der Waals surface area contributed by atoms with Crippen LogP contribution in [0, 0.1) is 10.1 Å². The molecule has 0 spiro atoms. The monoisotopic (exact) mass is 430 g/mol. The molecule has 0 N–H and O–H groups in total. The van der Waals surface area contributed by atoms with Gasteiger partial charge < -0.3 is 4.90 Å². The van der Waals surface area contributed by atoms with Crippen LogP contribution in [0.25, 0.3) is 16.3 Å². The highest BCUT2D eigenvalue weighted by Gasteiger charge is 2.18. The zero-order valence-electron chi connectivity index (χ0n) is 15.9. The van der Waals surface area contributed by atoms with Gasteiger partial charge in [-0.25, -0.2) is 4.98 Å². The van der Waals surface area contributed by atoms with Crippen LogP contribution < -0.4 is 4.90 Å². The van der Waals surface area contributed by atoms with Crippen LogP contribution in [0.5, 0.6) is 0 Å². The third-order valence-electron chi connectivity index (χ3n) is 4.11. The smallest absolute Gasteiger partial charge is 0.270 e. The fourth-order valence-corrected chi connectivity index (χ4v) is 3.87. The van der Waals surface area contributed by atoms with Gasteiger partial charge in [0.25, 0.3) is 11.6 Å². The van der Waals surface area contributed by atoms with Crippen molar-refractivity contribution in [3.63, 3.8) is 0 Å². The standard InChI is InChI=1S/C20H19ClN4O3S/c1-23(2)10-11-24(20-22-17-8-7-15(21)13-18(17)29-20)19(26)9-6-14-4-3-5-16(12-14)25(27)28/h3-9,12-13H,10-11H2,1-2H3. The van der Waals surface area contributed by atoms with Gasteiger partial charge in [0, 0.05) is 36.3 Å². The Balaban J connectivity index is 1.87. The normalized spacial score (nSPS) is 11.4. The van der Waals surface area contributed by atoms with Gasteiger partial charge in [-0.05, 0) is 43.9 Å². The molecule has 1 aromatic heterocycles. The minimum atomic E-state index is -0.463. The number of benzene rings is 2. The summed E-state index contributed by atoms with van der Waals surface area (Å²) in [6.07, 6.45) is 2.98. The molecule has 0 aliphatic rings. The van der Waals surface area contributed by atoms with E-state index in [0.717, 1.165) is 10.2 Å². The van der Waals surface area contributed by atoms with Gasteiger partial charge in [0.1, 0.15) is 0 Å². The Hall–Kier alpha value is -2.81. The van der Waals surface area contributed by atoms with Crippen LogP contribution in [-0.4, -0.2) is 47.9 Å². The summed E-state index contributed by atoms with van der Waals surface area (Å²) in [5.41, 5.74) is 1.34. The summed E-state index contributed by atoms with van der Waals surface area (Å²) >= 11 is 7.45. The van der Waals surface area contributed by atoms with Crippen molar-refractivity contribution in [3.8, 4) is 0 Å². The number of thiazole rings is 1. The van der Waals surface area contributed by atoms with Crippen molar-refractivity contribution in [1.29, 1.82) is 0 Å². The zero-order valence-corrected chi connectivity index (χ0v) is 17.5. The van der Waals surface area contributed by atoms with E-state index in [1.165, 1.54) is 29.5 Å². The Morgan fingerprint density at radius 1 is 1.24 bits per heavy atom.